The van der Waals surface area contributed by atoms with Gasteiger partial charge in [-0.2, -0.15) is 0 Å². The van der Waals surface area contributed by atoms with Gasteiger partial charge in [-0.15, -0.1) is 11.3 Å². The van der Waals surface area contributed by atoms with Crippen LogP contribution in [0.15, 0.2) is 35.7 Å². The summed E-state index contributed by atoms with van der Waals surface area (Å²) in [6.45, 7) is 2.85. The third-order valence-electron chi connectivity index (χ3n) is 4.03. The van der Waals surface area contributed by atoms with Gasteiger partial charge < -0.3 is 10.0 Å². The van der Waals surface area contributed by atoms with Gasteiger partial charge in [-0.1, -0.05) is 30.3 Å². The smallest absolute Gasteiger partial charge is 0.306 e. The molecule has 2 unspecified atom stereocenters. The molecule has 0 aliphatic carbocycles. The fourth-order valence-electron chi connectivity index (χ4n) is 2.82. The molecule has 4 nitrogen and oxygen atoms in total. The summed E-state index contributed by atoms with van der Waals surface area (Å²) < 4.78 is 0. The monoisotopic (exact) mass is 302 g/mol. The molecule has 3 rings (SSSR count). The summed E-state index contributed by atoms with van der Waals surface area (Å²) in [6.07, 6.45) is 1.38. The first-order chi connectivity index (χ1) is 10.1. The van der Waals surface area contributed by atoms with E-state index in [9.17, 15) is 4.79 Å². The van der Waals surface area contributed by atoms with Gasteiger partial charge in [0, 0.05) is 23.5 Å². The summed E-state index contributed by atoms with van der Waals surface area (Å²) in [4.78, 5) is 18.1. The highest BCUT2D eigenvalue weighted by Gasteiger charge is 2.30. The minimum atomic E-state index is -0.675. The Balaban J connectivity index is 1.77. The highest BCUT2D eigenvalue weighted by molar-refractivity contribution is 7.14. The van der Waals surface area contributed by atoms with Crippen molar-refractivity contribution in [3.8, 4) is 11.3 Å². The topological polar surface area (TPSA) is 53.4 Å². The number of aromatic nitrogens is 1. The largest absolute Gasteiger partial charge is 0.481 e. The van der Waals surface area contributed by atoms with Crippen LogP contribution in [-0.4, -0.2) is 28.6 Å². The molecule has 0 saturated carbocycles. The number of anilines is 1. The highest BCUT2D eigenvalue weighted by atomic mass is 32.1. The molecule has 1 aliphatic heterocycles. The van der Waals surface area contributed by atoms with E-state index in [0.29, 0.717) is 12.8 Å². The number of hydrogen-bond acceptors (Lipinski definition) is 4. The molecule has 1 saturated heterocycles. The fraction of sp³-hybridized carbons (Fsp3) is 0.375. The van der Waals surface area contributed by atoms with E-state index < -0.39 is 5.97 Å². The summed E-state index contributed by atoms with van der Waals surface area (Å²) in [5.41, 5.74) is 2.11. The predicted octanol–water partition coefficient (Wildman–Crippen LogP) is 3.50. The van der Waals surface area contributed by atoms with Crippen molar-refractivity contribution in [3.63, 3.8) is 0 Å². The molecule has 0 spiro atoms. The van der Waals surface area contributed by atoms with Crippen LogP contribution < -0.4 is 4.90 Å². The SMILES string of the molecule is CC1CC(C(=O)O)CCN1c1nc(-c2ccccc2)cs1. The van der Waals surface area contributed by atoms with Crippen molar-refractivity contribution in [1.82, 2.24) is 4.98 Å². The molecule has 1 N–H and O–H groups in total. The van der Waals surface area contributed by atoms with Crippen LogP contribution in [0, 0.1) is 5.92 Å². The van der Waals surface area contributed by atoms with Gasteiger partial charge in [-0.25, -0.2) is 4.98 Å². The highest BCUT2D eigenvalue weighted by Crippen LogP contribution is 2.32. The van der Waals surface area contributed by atoms with Crippen molar-refractivity contribution < 1.29 is 9.90 Å². The van der Waals surface area contributed by atoms with Gasteiger partial charge in [0.2, 0.25) is 0 Å². The van der Waals surface area contributed by atoms with Crippen LogP contribution in [-0.2, 0) is 4.79 Å². The second-order valence-electron chi connectivity index (χ2n) is 5.48. The van der Waals surface area contributed by atoms with E-state index in [4.69, 9.17) is 10.1 Å². The normalized spacial score (nSPS) is 22.2. The van der Waals surface area contributed by atoms with Gasteiger partial charge >= 0.3 is 5.97 Å². The molecule has 2 aromatic rings. The van der Waals surface area contributed by atoms with E-state index in [-0.39, 0.29) is 12.0 Å². The molecule has 2 heterocycles. The molecule has 110 valence electrons. The number of benzene rings is 1. The molecule has 1 fully saturated rings. The third kappa shape index (κ3) is 2.93. The Bertz CT molecular complexity index is 626. The lowest BCUT2D eigenvalue weighted by Crippen LogP contribution is -2.42. The van der Waals surface area contributed by atoms with E-state index >= 15 is 0 Å². The van der Waals surface area contributed by atoms with Crippen LogP contribution >= 0.6 is 11.3 Å². The van der Waals surface area contributed by atoms with Gasteiger partial charge in [0.05, 0.1) is 11.6 Å². The molecule has 1 aromatic carbocycles. The first-order valence-corrected chi connectivity index (χ1v) is 8.03. The van der Waals surface area contributed by atoms with Crippen LogP contribution in [0.4, 0.5) is 5.13 Å². The molecule has 5 heteroatoms. The molecule has 2 atom stereocenters. The number of nitrogens with zero attached hydrogens (tertiary/aromatic N) is 2. The molecule has 0 amide bonds. The van der Waals surface area contributed by atoms with E-state index in [2.05, 4.69) is 29.3 Å². The Morgan fingerprint density at radius 1 is 1.38 bits per heavy atom. The minimum Gasteiger partial charge on any atom is -0.481 e. The molecule has 0 radical (unpaired) electrons. The van der Waals surface area contributed by atoms with Crippen LogP contribution in [0.3, 0.4) is 0 Å². The fourth-order valence-corrected chi connectivity index (χ4v) is 3.78. The quantitative estimate of drug-likeness (QED) is 0.943. The minimum absolute atomic E-state index is 0.217. The Kier molecular flexibility index (Phi) is 3.92. The number of aliphatic carboxylic acids is 1. The Hall–Kier alpha value is -1.88. The summed E-state index contributed by atoms with van der Waals surface area (Å²) in [5, 5.41) is 12.2. The number of carbonyl (C=O) groups is 1. The van der Waals surface area contributed by atoms with E-state index in [0.717, 1.165) is 22.9 Å². The van der Waals surface area contributed by atoms with Gasteiger partial charge in [-0.05, 0) is 19.8 Å². The first-order valence-electron chi connectivity index (χ1n) is 7.15. The van der Waals surface area contributed by atoms with Crippen molar-refractivity contribution in [3.05, 3.63) is 35.7 Å². The predicted molar refractivity (Wildman–Crippen MR) is 84.7 cm³/mol. The molecule has 21 heavy (non-hydrogen) atoms. The van der Waals surface area contributed by atoms with Crippen molar-refractivity contribution >= 4 is 22.4 Å². The lowest BCUT2D eigenvalue weighted by atomic mass is 9.92. The number of hydrogen-bond donors (Lipinski definition) is 1. The number of carboxylic acid groups (broad SMARTS) is 1. The summed E-state index contributed by atoms with van der Waals surface area (Å²) in [7, 11) is 0. The number of piperidine rings is 1. The number of thiazole rings is 1. The number of rotatable bonds is 3. The van der Waals surface area contributed by atoms with Crippen LogP contribution in [0.1, 0.15) is 19.8 Å². The van der Waals surface area contributed by atoms with Gasteiger partial charge in [0.15, 0.2) is 5.13 Å². The maximum absolute atomic E-state index is 11.1. The van der Waals surface area contributed by atoms with Crippen molar-refractivity contribution in [1.29, 1.82) is 0 Å². The van der Waals surface area contributed by atoms with Crippen molar-refractivity contribution in [2.45, 2.75) is 25.8 Å². The Morgan fingerprint density at radius 3 is 2.81 bits per heavy atom. The second kappa shape index (κ2) is 5.85. The Morgan fingerprint density at radius 2 is 2.14 bits per heavy atom. The first kappa shape index (κ1) is 14.1. The summed E-state index contributed by atoms with van der Waals surface area (Å²) >= 11 is 1.63. The van der Waals surface area contributed by atoms with E-state index in [1.165, 1.54) is 0 Å². The molecule has 1 aliphatic rings. The molecule has 1 aromatic heterocycles. The summed E-state index contributed by atoms with van der Waals surface area (Å²) in [5.74, 6) is -0.893. The van der Waals surface area contributed by atoms with Gasteiger partial charge in [0.1, 0.15) is 0 Å². The van der Waals surface area contributed by atoms with Crippen molar-refractivity contribution in [2.24, 2.45) is 5.92 Å². The Labute approximate surface area is 128 Å². The van der Waals surface area contributed by atoms with Gasteiger partial charge in [-0.3, -0.25) is 4.79 Å². The average Bonchev–Trinajstić information content (AvgIpc) is 2.97. The zero-order valence-corrected chi connectivity index (χ0v) is 12.7. The summed E-state index contributed by atoms with van der Waals surface area (Å²) in [6, 6.07) is 10.3. The van der Waals surface area contributed by atoms with Crippen molar-refractivity contribution in [2.75, 3.05) is 11.4 Å². The second-order valence-corrected chi connectivity index (χ2v) is 6.32. The maximum Gasteiger partial charge on any atom is 0.306 e. The zero-order chi connectivity index (χ0) is 14.8. The molecular formula is C16H18N2O2S. The van der Waals surface area contributed by atoms with Gasteiger partial charge in [0.25, 0.3) is 0 Å². The zero-order valence-electron chi connectivity index (χ0n) is 11.9. The standard InChI is InChI=1S/C16H18N2O2S/c1-11-9-13(15(19)20)7-8-18(11)16-17-14(10-21-16)12-5-3-2-4-6-12/h2-6,10-11,13H,7-9H2,1H3,(H,19,20). The lowest BCUT2D eigenvalue weighted by Gasteiger charge is -2.36. The number of carboxylic acids is 1. The van der Waals surface area contributed by atoms with E-state index in [1.54, 1.807) is 11.3 Å². The third-order valence-corrected chi connectivity index (χ3v) is 4.91. The van der Waals surface area contributed by atoms with Crippen LogP contribution in [0.25, 0.3) is 11.3 Å². The molecular weight excluding hydrogens is 284 g/mol. The van der Waals surface area contributed by atoms with E-state index in [1.807, 2.05) is 18.2 Å². The van der Waals surface area contributed by atoms with Crippen LogP contribution in [0.5, 0.6) is 0 Å². The maximum atomic E-state index is 11.1. The molecule has 0 bridgehead atoms. The average molecular weight is 302 g/mol. The van der Waals surface area contributed by atoms with Crippen LogP contribution in [0.2, 0.25) is 0 Å². The lowest BCUT2D eigenvalue weighted by molar-refractivity contribution is -0.142.